The second kappa shape index (κ2) is 6.48. The molecule has 0 aliphatic rings. The van der Waals surface area contributed by atoms with Crippen LogP contribution in [0.1, 0.15) is 37.8 Å². The van der Waals surface area contributed by atoms with Crippen LogP contribution in [-0.2, 0) is 0 Å². The maximum atomic E-state index is 13.2. The summed E-state index contributed by atoms with van der Waals surface area (Å²) in [4.78, 5) is 0. The van der Waals surface area contributed by atoms with E-state index in [1.54, 1.807) is 6.07 Å². The normalized spacial score (nSPS) is 12.5. The monoisotopic (exact) mass is 225 g/mol. The summed E-state index contributed by atoms with van der Waals surface area (Å²) in [6.45, 7) is 2.16. The first-order chi connectivity index (χ1) is 7.72. The van der Waals surface area contributed by atoms with E-state index in [0.717, 1.165) is 24.8 Å². The third-order valence-electron chi connectivity index (χ3n) is 2.77. The maximum absolute atomic E-state index is 13.2. The predicted molar refractivity (Wildman–Crippen MR) is 64.3 cm³/mol. The van der Waals surface area contributed by atoms with E-state index in [0.29, 0.717) is 5.75 Å². The summed E-state index contributed by atoms with van der Waals surface area (Å²) < 4.78 is 18.2. The quantitative estimate of drug-likeness (QED) is 0.802. The van der Waals surface area contributed by atoms with Crippen molar-refractivity contribution in [2.45, 2.75) is 32.2 Å². The van der Waals surface area contributed by atoms with Crippen molar-refractivity contribution >= 4 is 0 Å². The molecule has 1 unspecified atom stereocenters. The molecule has 0 saturated carbocycles. The van der Waals surface area contributed by atoms with Gasteiger partial charge in [-0.1, -0.05) is 25.8 Å². The number of halogens is 1. The van der Waals surface area contributed by atoms with Gasteiger partial charge >= 0.3 is 0 Å². The van der Waals surface area contributed by atoms with Gasteiger partial charge in [0, 0.05) is 6.04 Å². The minimum atomic E-state index is -0.309. The Kier molecular flexibility index (Phi) is 5.26. The first kappa shape index (κ1) is 13.0. The molecular weight excluding hydrogens is 205 g/mol. The van der Waals surface area contributed by atoms with Crippen molar-refractivity contribution in [2.75, 3.05) is 14.2 Å². The highest BCUT2D eigenvalue weighted by molar-refractivity contribution is 5.32. The minimum Gasteiger partial charge on any atom is -0.494 e. The number of hydrogen-bond donors (Lipinski definition) is 1. The Hall–Kier alpha value is -1.09. The summed E-state index contributed by atoms with van der Waals surface area (Å²) in [5.74, 6) is 0.00541. The second-order valence-electron chi connectivity index (χ2n) is 3.88. The highest BCUT2D eigenvalue weighted by Crippen LogP contribution is 2.25. The number of ether oxygens (including phenoxy) is 1. The summed E-state index contributed by atoms with van der Waals surface area (Å²) in [7, 11) is 3.42. The van der Waals surface area contributed by atoms with Crippen LogP contribution in [0.5, 0.6) is 5.75 Å². The summed E-state index contributed by atoms with van der Waals surface area (Å²) in [6, 6.07) is 5.32. The lowest BCUT2D eigenvalue weighted by atomic mass is 10.0. The Labute approximate surface area is 96.8 Å². The molecular formula is C13H20FNO. The maximum Gasteiger partial charge on any atom is 0.165 e. The van der Waals surface area contributed by atoms with E-state index in [-0.39, 0.29) is 11.9 Å². The van der Waals surface area contributed by atoms with E-state index in [1.165, 1.54) is 13.2 Å². The van der Waals surface area contributed by atoms with Crippen molar-refractivity contribution in [1.82, 2.24) is 5.32 Å². The zero-order valence-corrected chi connectivity index (χ0v) is 10.2. The van der Waals surface area contributed by atoms with E-state index in [4.69, 9.17) is 4.74 Å². The van der Waals surface area contributed by atoms with E-state index in [2.05, 4.69) is 12.2 Å². The summed E-state index contributed by atoms with van der Waals surface area (Å²) in [6.07, 6.45) is 3.38. The fourth-order valence-corrected chi connectivity index (χ4v) is 1.78. The van der Waals surface area contributed by atoms with Gasteiger partial charge in [0.2, 0.25) is 0 Å². The SMILES string of the molecule is CCCCC(NC)c1ccc(F)c(OC)c1. The van der Waals surface area contributed by atoms with Crippen molar-refractivity contribution in [1.29, 1.82) is 0 Å². The number of unbranched alkanes of at least 4 members (excludes halogenated alkanes) is 1. The first-order valence-electron chi connectivity index (χ1n) is 5.73. The van der Waals surface area contributed by atoms with Crippen LogP contribution in [0.25, 0.3) is 0 Å². The van der Waals surface area contributed by atoms with Gasteiger partial charge in [0.1, 0.15) is 0 Å². The van der Waals surface area contributed by atoms with Crippen LogP contribution in [-0.4, -0.2) is 14.2 Å². The molecule has 0 fully saturated rings. The predicted octanol–water partition coefficient (Wildman–Crippen LogP) is 3.29. The minimum absolute atomic E-state index is 0.273. The van der Waals surface area contributed by atoms with Gasteiger partial charge in [0.05, 0.1) is 7.11 Å². The van der Waals surface area contributed by atoms with E-state index < -0.39 is 0 Å². The summed E-state index contributed by atoms with van der Waals surface area (Å²) in [5, 5.41) is 3.25. The molecule has 0 amide bonds. The summed E-state index contributed by atoms with van der Waals surface area (Å²) >= 11 is 0. The highest BCUT2D eigenvalue weighted by atomic mass is 19.1. The van der Waals surface area contributed by atoms with E-state index in [1.807, 2.05) is 13.1 Å². The van der Waals surface area contributed by atoms with Gasteiger partial charge < -0.3 is 10.1 Å². The molecule has 0 heterocycles. The van der Waals surface area contributed by atoms with Crippen LogP contribution in [0.15, 0.2) is 18.2 Å². The first-order valence-corrected chi connectivity index (χ1v) is 5.73. The van der Waals surface area contributed by atoms with Gasteiger partial charge in [0.15, 0.2) is 11.6 Å². The Morgan fingerprint density at radius 2 is 2.19 bits per heavy atom. The molecule has 0 spiro atoms. The molecule has 16 heavy (non-hydrogen) atoms. The Bertz CT molecular complexity index is 328. The van der Waals surface area contributed by atoms with Gasteiger partial charge in [-0.15, -0.1) is 0 Å². The van der Waals surface area contributed by atoms with Gasteiger partial charge in [-0.2, -0.15) is 0 Å². The number of hydrogen-bond acceptors (Lipinski definition) is 2. The Balaban J connectivity index is 2.83. The van der Waals surface area contributed by atoms with Crippen LogP contribution in [0.3, 0.4) is 0 Å². The molecule has 0 bridgehead atoms. The largest absolute Gasteiger partial charge is 0.494 e. The van der Waals surface area contributed by atoms with Crippen LogP contribution in [0.2, 0.25) is 0 Å². The van der Waals surface area contributed by atoms with Crippen molar-refractivity contribution in [3.8, 4) is 5.75 Å². The average Bonchev–Trinajstić information content (AvgIpc) is 2.32. The fourth-order valence-electron chi connectivity index (χ4n) is 1.78. The molecule has 1 aromatic carbocycles. The third-order valence-corrected chi connectivity index (χ3v) is 2.77. The molecule has 0 aliphatic carbocycles. The second-order valence-corrected chi connectivity index (χ2v) is 3.88. The van der Waals surface area contributed by atoms with Crippen LogP contribution >= 0.6 is 0 Å². The standard InChI is InChI=1S/C13H20FNO/c1-4-5-6-12(15-2)10-7-8-11(14)13(9-10)16-3/h7-9,12,15H,4-6H2,1-3H3. The van der Waals surface area contributed by atoms with Crippen molar-refractivity contribution in [3.05, 3.63) is 29.6 Å². The van der Waals surface area contributed by atoms with Crippen LogP contribution < -0.4 is 10.1 Å². The number of methoxy groups -OCH3 is 1. The lowest BCUT2D eigenvalue weighted by Crippen LogP contribution is -2.16. The molecule has 0 saturated heterocycles. The molecule has 2 nitrogen and oxygen atoms in total. The molecule has 1 rings (SSSR count). The van der Waals surface area contributed by atoms with Gasteiger partial charge in [-0.25, -0.2) is 4.39 Å². The van der Waals surface area contributed by atoms with Crippen molar-refractivity contribution < 1.29 is 9.13 Å². The van der Waals surface area contributed by atoms with E-state index >= 15 is 0 Å². The van der Waals surface area contributed by atoms with Crippen LogP contribution in [0, 0.1) is 5.82 Å². The number of nitrogens with one attached hydrogen (secondary N) is 1. The molecule has 1 N–H and O–H groups in total. The zero-order chi connectivity index (χ0) is 12.0. The van der Waals surface area contributed by atoms with Crippen LogP contribution in [0.4, 0.5) is 4.39 Å². The van der Waals surface area contributed by atoms with Gasteiger partial charge in [0.25, 0.3) is 0 Å². The highest BCUT2D eigenvalue weighted by Gasteiger charge is 2.11. The molecule has 3 heteroatoms. The lowest BCUT2D eigenvalue weighted by Gasteiger charge is -2.17. The average molecular weight is 225 g/mol. The third kappa shape index (κ3) is 3.20. The summed E-state index contributed by atoms with van der Waals surface area (Å²) in [5.41, 5.74) is 1.08. The number of benzene rings is 1. The van der Waals surface area contributed by atoms with E-state index in [9.17, 15) is 4.39 Å². The zero-order valence-electron chi connectivity index (χ0n) is 10.2. The van der Waals surface area contributed by atoms with Crippen molar-refractivity contribution in [2.24, 2.45) is 0 Å². The Morgan fingerprint density at radius 1 is 1.44 bits per heavy atom. The number of rotatable bonds is 6. The topological polar surface area (TPSA) is 21.3 Å². The Morgan fingerprint density at radius 3 is 2.75 bits per heavy atom. The van der Waals surface area contributed by atoms with Gasteiger partial charge in [-0.05, 0) is 31.2 Å². The molecule has 1 aromatic rings. The lowest BCUT2D eigenvalue weighted by molar-refractivity contribution is 0.384. The fraction of sp³-hybridized carbons (Fsp3) is 0.538. The molecule has 0 aliphatic heterocycles. The van der Waals surface area contributed by atoms with Crippen molar-refractivity contribution in [3.63, 3.8) is 0 Å². The molecule has 0 radical (unpaired) electrons. The molecule has 0 aromatic heterocycles. The molecule has 1 atom stereocenters. The van der Waals surface area contributed by atoms with Gasteiger partial charge in [-0.3, -0.25) is 0 Å². The smallest absolute Gasteiger partial charge is 0.165 e. The molecule has 90 valence electrons.